The van der Waals surface area contributed by atoms with Crippen LogP contribution < -0.4 is 0 Å². The fourth-order valence-corrected chi connectivity index (χ4v) is 3.56. The molecule has 0 spiro atoms. The second-order valence-electron chi connectivity index (χ2n) is 6.31. The second kappa shape index (κ2) is 7.36. The number of hydrogen-bond donors (Lipinski definition) is 0. The first-order valence-electron chi connectivity index (χ1n) is 8.23. The number of benzene rings is 2. The number of Topliss-reactive ketones (excluding diaryl/α,β-unsaturated/α-hetero) is 1. The van der Waals surface area contributed by atoms with Crippen molar-refractivity contribution in [2.75, 3.05) is 6.61 Å². The number of esters is 1. The van der Waals surface area contributed by atoms with Gasteiger partial charge in [-0.2, -0.15) is 0 Å². The molecule has 0 amide bonds. The van der Waals surface area contributed by atoms with Crippen LogP contribution in [0.25, 0.3) is 0 Å². The number of hydrogen-bond acceptors (Lipinski definition) is 3. The van der Waals surface area contributed by atoms with Crippen molar-refractivity contribution in [2.45, 2.75) is 31.1 Å². The normalized spacial score (nSPS) is 15.8. The van der Waals surface area contributed by atoms with Gasteiger partial charge in [-0.1, -0.05) is 48.7 Å². The first kappa shape index (κ1) is 17.6. The molecule has 25 heavy (non-hydrogen) atoms. The van der Waals surface area contributed by atoms with E-state index < -0.39 is 11.4 Å². The third-order valence-electron chi connectivity index (χ3n) is 4.73. The summed E-state index contributed by atoms with van der Waals surface area (Å²) in [5.74, 6) is -1.07. The highest BCUT2D eigenvalue weighted by Crippen LogP contribution is 2.42. The molecule has 0 heterocycles. The number of rotatable bonds is 5. The minimum absolute atomic E-state index is 0.303. The molecular formula is C20H18ClFO3. The van der Waals surface area contributed by atoms with E-state index in [1.165, 1.54) is 12.1 Å². The van der Waals surface area contributed by atoms with Crippen molar-refractivity contribution < 1.29 is 18.7 Å². The lowest BCUT2D eigenvalue weighted by Crippen LogP contribution is -2.35. The zero-order valence-corrected chi connectivity index (χ0v) is 14.4. The van der Waals surface area contributed by atoms with Crippen LogP contribution in [0.3, 0.4) is 0 Å². The summed E-state index contributed by atoms with van der Waals surface area (Å²) in [7, 11) is 0. The molecule has 0 aromatic heterocycles. The van der Waals surface area contributed by atoms with Crippen LogP contribution in [0.4, 0.5) is 4.39 Å². The summed E-state index contributed by atoms with van der Waals surface area (Å²) in [6, 6.07) is 12.5. The van der Waals surface area contributed by atoms with Gasteiger partial charge < -0.3 is 4.74 Å². The molecule has 3 nitrogen and oxygen atoms in total. The molecule has 0 bridgehead atoms. The lowest BCUT2D eigenvalue weighted by atomic mass is 9.79. The zero-order valence-electron chi connectivity index (χ0n) is 13.6. The third kappa shape index (κ3) is 3.74. The highest BCUT2D eigenvalue weighted by molar-refractivity contribution is 6.31. The maximum absolute atomic E-state index is 13.2. The molecule has 1 aliphatic carbocycles. The minimum atomic E-state index is -0.789. The quantitative estimate of drug-likeness (QED) is 0.572. The molecule has 1 saturated carbocycles. The van der Waals surface area contributed by atoms with E-state index in [1.54, 1.807) is 36.4 Å². The van der Waals surface area contributed by atoms with Crippen molar-refractivity contribution in [1.29, 1.82) is 0 Å². The summed E-state index contributed by atoms with van der Waals surface area (Å²) < 4.78 is 18.5. The Labute approximate surface area is 150 Å². The lowest BCUT2D eigenvalue weighted by Gasteiger charge is -2.27. The van der Waals surface area contributed by atoms with Gasteiger partial charge in [0.25, 0.3) is 0 Å². The SMILES string of the molecule is O=C(COC(=O)C1(c2ccc(F)cc2)CCCC1)c1cccc(Cl)c1. The Bertz CT molecular complexity index is 780. The Kier molecular flexibility index (Phi) is 5.19. The van der Waals surface area contributed by atoms with E-state index in [0.29, 0.717) is 23.4 Å². The van der Waals surface area contributed by atoms with Crippen molar-refractivity contribution in [3.05, 3.63) is 70.5 Å². The molecule has 0 saturated heterocycles. The fraction of sp³-hybridized carbons (Fsp3) is 0.300. The van der Waals surface area contributed by atoms with Crippen LogP contribution in [0.5, 0.6) is 0 Å². The van der Waals surface area contributed by atoms with Crippen LogP contribution in [0.2, 0.25) is 5.02 Å². The van der Waals surface area contributed by atoms with E-state index in [0.717, 1.165) is 18.4 Å². The molecule has 0 radical (unpaired) electrons. The van der Waals surface area contributed by atoms with Gasteiger partial charge in [0.1, 0.15) is 5.82 Å². The number of carbonyl (C=O) groups is 2. The molecule has 3 rings (SSSR count). The topological polar surface area (TPSA) is 43.4 Å². The molecule has 130 valence electrons. The molecule has 5 heteroatoms. The van der Waals surface area contributed by atoms with Gasteiger partial charge in [-0.25, -0.2) is 4.39 Å². The fourth-order valence-electron chi connectivity index (χ4n) is 3.37. The van der Waals surface area contributed by atoms with Crippen molar-refractivity contribution in [3.63, 3.8) is 0 Å². The van der Waals surface area contributed by atoms with Gasteiger partial charge in [-0.15, -0.1) is 0 Å². The number of ketones is 1. The summed E-state index contributed by atoms with van der Waals surface area (Å²) >= 11 is 5.88. The van der Waals surface area contributed by atoms with Crippen LogP contribution in [0, 0.1) is 5.82 Å². The first-order chi connectivity index (χ1) is 12.0. The van der Waals surface area contributed by atoms with Crippen LogP contribution >= 0.6 is 11.6 Å². The van der Waals surface area contributed by atoms with Crippen molar-refractivity contribution in [1.82, 2.24) is 0 Å². The zero-order chi connectivity index (χ0) is 17.9. The van der Waals surface area contributed by atoms with Crippen LogP contribution in [-0.2, 0) is 14.9 Å². The molecule has 1 fully saturated rings. The highest BCUT2D eigenvalue weighted by atomic mass is 35.5. The lowest BCUT2D eigenvalue weighted by molar-refractivity contribution is -0.149. The molecule has 0 N–H and O–H groups in total. The Morgan fingerprint density at radius 3 is 2.40 bits per heavy atom. The van der Waals surface area contributed by atoms with Gasteiger partial charge in [0.05, 0.1) is 5.41 Å². The molecule has 0 unspecified atom stereocenters. The van der Waals surface area contributed by atoms with E-state index >= 15 is 0 Å². The average molecular weight is 361 g/mol. The summed E-state index contributed by atoms with van der Waals surface area (Å²) in [4.78, 5) is 25.0. The summed E-state index contributed by atoms with van der Waals surface area (Å²) in [6.07, 6.45) is 3.08. The van der Waals surface area contributed by atoms with Gasteiger partial charge in [0.15, 0.2) is 12.4 Å². The first-order valence-corrected chi connectivity index (χ1v) is 8.61. The van der Waals surface area contributed by atoms with Crippen molar-refractivity contribution >= 4 is 23.4 Å². The molecule has 1 aliphatic rings. The second-order valence-corrected chi connectivity index (χ2v) is 6.74. The Morgan fingerprint density at radius 2 is 1.76 bits per heavy atom. The van der Waals surface area contributed by atoms with E-state index in [4.69, 9.17) is 16.3 Å². The Hall–Kier alpha value is -2.20. The number of carbonyl (C=O) groups excluding carboxylic acids is 2. The molecule has 0 aliphatic heterocycles. The van der Waals surface area contributed by atoms with Gasteiger partial charge in [-0.05, 0) is 42.7 Å². The van der Waals surface area contributed by atoms with Crippen LogP contribution in [-0.4, -0.2) is 18.4 Å². The van der Waals surface area contributed by atoms with Gasteiger partial charge in [0, 0.05) is 10.6 Å². The average Bonchev–Trinajstić information content (AvgIpc) is 3.11. The van der Waals surface area contributed by atoms with Crippen molar-refractivity contribution in [2.24, 2.45) is 0 Å². The predicted octanol–water partition coefficient (Wildman–Crippen LogP) is 4.72. The largest absolute Gasteiger partial charge is 0.457 e. The van der Waals surface area contributed by atoms with Crippen LogP contribution in [0.1, 0.15) is 41.6 Å². The van der Waals surface area contributed by atoms with Gasteiger partial charge in [-0.3, -0.25) is 9.59 Å². The minimum Gasteiger partial charge on any atom is -0.457 e. The number of halogens is 2. The summed E-state index contributed by atoms with van der Waals surface area (Å²) in [5.41, 5.74) is 0.358. The monoisotopic (exact) mass is 360 g/mol. The van der Waals surface area contributed by atoms with Gasteiger partial charge in [0.2, 0.25) is 0 Å². The van der Waals surface area contributed by atoms with Gasteiger partial charge >= 0.3 is 5.97 Å². The summed E-state index contributed by atoms with van der Waals surface area (Å²) in [5, 5.41) is 0.454. The van der Waals surface area contributed by atoms with E-state index in [2.05, 4.69) is 0 Å². The standard InChI is InChI=1S/C20H18ClFO3/c21-16-5-3-4-14(12-16)18(23)13-25-19(24)20(10-1-2-11-20)15-6-8-17(22)9-7-15/h3-9,12H,1-2,10-11,13H2. The Balaban J connectivity index is 1.73. The highest BCUT2D eigenvalue weighted by Gasteiger charge is 2.44. The van der Waals surface area contributed by atoms with Crippen LogP contribution in [0.15, 0.2) is 48.5 Å². The van der Waals surface area contributed by atoms with E-state index in [9.17, 15) is 14.0 Å². The molecule has 0 atom stereocenters. The van der Waals surface area contributed by atoms with E-state index in [1.807, 2.05) is 0 Å². The van der Waals surface area contributed by atoms with Crippen molar-refractivity contribution in [3.8, 4) is 0 Å². The maximum atomic E-state index is 13.2. The maximum Gasteiger partial charge on any atom is 0.317 e. The smallest absolute Gasteiger partial charge is 0.317 e. The molecular weight excluding hydrogens is 343 g/mol. The molecule has 2 aromatic carbocycles. The van der Waals surface area contributed by atoms with E-state index in [-0.39, 0.29) is 18.2 Å². The Morgan fingerprint density at radius 1 is 1.08 bits per heavy atom. The number of ether oxygens (including phenoxy) is 1. The predicted molar refractivity (Wildman–Crippen MR) is 93.3 cm³/mol. The third-order valence-corrected chi connectivity index (χ3v) is 4.96. The summed E-state index contributed by atoms with van der Waals surface area (Å²) in [6.45, 7) is -0.331. The molecule has 2 aromatic rings.